The maximum absolute atomic E-state index is 11.7. The van der Waals surface area contributed by atoms with Crippen LogP contribution in [0.3, 0.4) is 0 Å². The van der Waals surface area contributed by atoms with Gasteiger partial charge in [0.05, 0.1) is 12.3 Å². The molecule has 5 heteroatoms. The Bertz CT molecular complexity index is 647. The molecule has 1 atom stereocenters. The van der Waals surface area contributed by atoms with Crippen LogP contribution in [0.4, 0.5) is 4.79 Å². The summed E-state index contributed by atoms with van der Waals surface area (Å²) < 4.78 is 0. The minimum absolute atomic E-state index is 0.530. The molecule has 0 aromatic heterocycles. The molecule has 0 radical (unpaired) electrons. The third kappa shape index (κ3) is 4.48. The molecule has 0 saturated carbocycles. The zero-order chi connectivity index (χ0) is 14.9. The number of amides is 2. The highest BCUT2D eigenvalue weighted by molar-refractivity contribution is 5.81. The van der Waals surface area contributed by atoms with Crippen LogP contribution in [-0.4, -0.2) is 12.2 Å². The molecule has 2 N–H and O–H groups in total. The SMILES string of the molecule is N#CC(NC(=O)NN=Cc1ccccc1)c1ccccc1. The topological polar surface area (TPSA) is 77.3 Å². The number of hydrogen-bond donors (Lipinski definition) is 2. The maximum Gasteiger partial charge on any atom is 0.336 e. The number of benzene rings is 2. The molecule has 0 bridgehead atoms. The molecule has 2 aromatic carbocycles. The zero-order valence-corrected chi connectivity index (χ0v) is 11.2. The first kappa shape index (κ1) is 14.3. The molecule has 21 heavy (non-hydrogen) atoms. The molecule has 0 aliphatic rings. The summed E-state index contributed by atoms with van der Waals surface area (Å²) in [6.45, 7) is 0. The average Bonchev–Trinajstić information content (AvgIpc) is 2.54. The lowest BCUT2D eigenvalue weighted by molar-refractivity contribution is 0.239. The van der Waals surface area contributed by atoms with E-state index in [0.29, 0.717) is 0 Å². The number of urea groups is 1. The monoisotopic (exact) mass is 278 g/mol. The smallest absolute Gasteiger partial charge is 0.317 e. The van der Waals surface area contributed by atoms with Gasteiger partial charge in [0.15, 0.2) is 0 Å². The van der Waals surface area contributed by atoms with Crippen LogP contribution in [-0.2, 0) is 0 Å². The molecule has 2 aromatic rings. The number of nitrogens with zero attached hydrogens (tertiary/aromatic N) is 2. The Morgan fingerprint density at radius 1 is 1.10 bits per heavy atom. The molecule has 2 rings (SSSR count). The fourth-order valence-corrected chi connectivity index (χ4v) is 1.70. The van der Waals surface area contributed by atoms with E-state index >= 15 is 0 Å². The van der Waals surface area contributed by atoms with Crippen LogP contribution in [0.15, 0.2) is 65.8 Å². The lowest BCUT2D eigenvalue weighted by atomic mass is 10.1. The fourth-order valence-electron chi connectivity index (χ4n) is 1.70. The predicted molar refractivity (Wildman–Crippen MR) is 80.5 cm³/mol. The van der Waals surface area contributed by atoms with Crippen molar-refractivity contribution < 1.29 is 4.79 Å². The molecule has 0 saturated heterocycles. The number of rotatable bonds is 4. The molecule has 5 nitrogen and oxygen atoms in total. The second-order valence-corrected chi connectivity index (χ2v) is 4.23. The van der Waals surface area contributed by atoms with Crippen molar-refractivity contribution in [2.45, 2.75) is 6.04 Å². The van der Waals surface area contributed by atoms with Crippen molar-refractivity contribution in [2.24, 2.45) is 5.10 Å². The molecule has 0 aliphatic carbocycles. The van der Waals surface area contributed by atoms with Crippen LogP contribution in [0.2, 0.25) is 0 Å². The third-order valence-electron chi connectivity index (χ3n) is 2.72. The fraction of sp³-hybridized carbons (Fsp3) is 0.0625. The second kappa shape index (κ2) is 7.46. The van der Waals surface area contributed by atoms with Crippen molar-refractivity contribution in [3.63, 3.8) is 0 Å². The first-order valence-corrected chi connectivity index (χ1v) is 6.39. The lowest BCUT2D eigenvalue weighted by Gasteiger charge is -2.10. The highest BCUT2D eigenvalue weighted by Gasteiger charge is 2.12. The molecule has 104 valence electrons. The van der Waals surface area contributed by atoms with Crippen molar-refractivity contribution in [3.8, 4) is 6.07 Å². The molecular formula is C16H14N4O. The van der Waals surface area contributed by atoms with E-state index in [2.05, 4.69) is 15.8 Å². The van der Waals surface area contributed by atoms with E-state index in [1.54, 1.807) is 12.1 Å². The van der Waals surface area contributed by atoms with Gasteiger partial charge in [-0.15, -0.1) is 0 Å². The van der Waals surface area contributed by atoms with Crippen LogP contribution in [0, 0.1) is 11.3 Å². The second-order valence-electron chi connectivity index (χ2n) is 4.23. The number of carbonyl (C=O) groups is 1. The van der Waals surface area contributed by atoms with Gasteiger partial charge < -0.3 is 5.32 Å². The maximum atomic E-state index is 11.7. The number of nitriles is 1. The Hall–Kier alpha value is -3.13. The predicted octanol–water partition coefficient (Wildman–Crippen LogP) is 2.58. The number of hydrazone groups is 1. The standard InChI is InChI=1S/C16H14N4O/c17-11-15(14-9-5-2-6-10-14)19-16(21)20-18-12-13-7-3-1-4-8-13/h1-10,12,15H,(H2,19,20,21). The molecule has 1 unspecified atom stereocenters. The number of hydrogen-bond acceptors (Lipinski definition) is 3. The van der Waals surface area contributed by atoms with Gasteiger partial charge in [-0.3, -0.25) is 0 Å². The third-order valence-corrected chi connectivity index (χ3v) is 2.72. The van der Waals surface area contributed by atoms with Crippen LogP contribution in [0.1, 0.15) is 17.2 Å². The summed E-state index contributed by atoms with van der Waals surface area (Å²) in [6.07, 6.45) is 1.53. The zero-order valence-electron chi connectivity index (χ0n) is 11.2. The lowest BCUT2D eigenvalue weighted by Crippen LogP contribution is -2.34. The quantitative estimate of drug-likeness (QED) is 0.666. The van der Waals surface area contributed by atoms with Crippen LogP contribution in [0.25, 0.3) is 0 Å². The van der Waals surface area contributed by atoms with Gasteiger partial charge in [0, 0.05) is 0 Å². The van der Waals surface area contributed by atoms with Gasteiger partial charge in [0.25, 0.3) is 0 Å². The van der Waals surface area contributed by atoms with Gasteiger partial charge >= 0.3 is 6.03 Å². The van der Waals surface area contributed by atoms with E-state index in [1.165, 1.54) is 6.21 Å². The molecule has 0 aliphatic heterocycles. The van der Waals surface area contributed by atoms with E-state index in [4.69, 9.17) is 5.26 Å². The molecule has 0 spiro atoms. The van der Waals surface area contributed by atoms with E-state index in [-0.39, 0.29) is 0 Å². The van der Waals surface area contributed by atoms with Crippen molar-refractivity contribution >= 4 is 12.2 Å². The highest BCUT2D eigenvalue weighted by atomic mass is 16.2. The minimum atomic E-state index is -0.710. The molecule has 0 heterocycles. The van der Waals surface area contributed by atoms with E-state index < -0.39 is 12.1 Å². The Morgan fingerprint density at radius 2 is 1.71 bits per heavy atom. The van der Waals surface area contributed by atoms with Gasteiger partial charge in [-0.25, -0.2) is 10.2 Å². The number of nitrogens with one attached hydrogen (secondary N) is 2. The number of carbonyl (C=O) groups excluding carboxylic acids is 1. The summed E-state index contributed by atoms with van der Waals surface area (Å²) in [7, 11) is 0. The highest BCUT2D eigenvalue weighted by Crippen LogP contribution is 2.10. The summed E-state index contributed by atoms with van der Waals surface area (Å²) in [5.74, 6) is 0. The summed E-state index contributed by atoms with van der Waals surface area (Å²) in [6, 6.07) is 19.2. The molecular weight excluding hydrogens is 264 g/mol. The van der Waals surface area contributed by atoms with Crippen LogP contribution < -0.4 is 10.7 Å². The van der Waals surface area contributed by atoms with Gasteiger partial charge in [-0.05, 0) is 11.1 Å². The summed E-state index contributed by atoms with van der Waals surface area (Å²) in [4.78, 5) is 11.7. The summed E-state index contributed by atoms with van der Waals surface area (Å²) in [5, 5.41) is 15.5. The van der Waals surface area contributed by atoms with Crippen LogP contribution >= 0.6 is 0 Å². The van der Waals surface area contributed by atoms with Crippen molar-refractivity contribution in [1.82, 2.24) is 10.7 Å². The summed E-state index contributed by atoms with van der Waals surface area (Å²) in [5.41, 5.74) is 3.93. The first-order chi connectivity index (χ1) is 10.3. The van der Waals surface area contributed by atoms with E-state index in [0.717, 1.165) is 11.1 Å². The Morgan fingerprint density at radius 3 is 2.33 bits per heavy atom. The normalized spacial score (nSPS) is 11.6. The van der Waals surface area contributed by atoms with Gasteiger partial charge in [-0.2, -0.15) is 10.4 Å². The minimum Gasteiger partial charge on any atom is -0.317 e. The van der Waals surface area contributed by atoms with Crippen molar-refractivity contribution in [2.75, 3.05) is 0 Å². The first-order valence-electron chi connectivity index (χ1n) is 6.39. The Kier molecular flexibility index (Phi) is 5.07. The van der Waals surface area contributed by atoms with Gasteiger partial charge in [0.2, 0.25) is 0 Å². The Balaban J connectivity index is 1.89. The van der Waals surface area contributed by atoms with Crippen molar-refractivity contribution in [1.29, 1.82) is 5.26 Å². The average molecular weight is 278 g/mol. The van der Waals surface area contributed by atoms with Crippen molar-refractivity contribution in [3.05, 3.63) is 71.8 Å². The van der Waals surface area contributed by atoms with Gasteiger partial charge in [0.1, 0.15) is 6.04 Å². The Labute approximate surface area is 122 Å². The van der Waals surface area contributed by atoms with E-state index in [9.17, 15) is 4.79 Å². The van der Waals surface area contributed by atoms with Gasteiger partial charge in [-0.1, -0.05) is 60.7 Å². The molecule has 0 fully saturated rings. The summed E-state index contributed by atoms with van der Waals surface area (Å²) >= 11 is 0. The molecule has 2 amide bonds. The van der Waals surface area contributed by atoms with Crippen LogP contribution in [0.5, 0.6) is 0 Å². The van der Waals surface area contributed by atoms with E-state index in [1.807, 2.05) is 54.6 Å². The largest absolute Gasteiger partial charge is 0.336 e.